The average molecular weight is 352 g/mol. The van der Waals surface area contributed by atoms with Crippen LogP contribution in [0.4, 0.5) is 13.2 Å². The number of carbonyl (C=O) groups is 2. The van der Waals surface area contributed by atoms with Crippen molar-refractivity contribution < 1.29 is 27.5 Å². The second-order valence-corrected chi connectivity index (χ2v) is 5.19. The Labute approximate surface area is 141 Å². The fraction of sp³-hybridized carbons (Fsp3) is 0.235. The third kappa shape index (κ3) is 5.03. The van der Waals surface area contributed by atoms with Gasteiger partial charge in [-0.15, -0.1) is 0 Å². The second kappa shape index (κ2) is 7.78. The highest BCUT2D eigenvalue weighted by molar-refractivity contribution is 5.96. The number of nitrogens with one attached hydrogen (secondary N) is 1. The van der Waals surface area contributed by atoms with Gasteiger partial charge in [0.2, 0.25) is 0 Å². The molecule has 0 unspecified atom stereocenters. The van der Waals surface area contributed by atoms with E-state index >= 15 is 0 Å². The summed E-state index contributed by atoms with van der Waals surface area (Å²) in [6.45, 7) is 0. The fourth-order valence-corrected chi connectivity index (χ4v) is 2.19. The Balaban J connectivity index is 2.19. The van der Waals surface area contributed by atoms with Crippen LogP contribution < -0.4 is 5.32 Å². The fourth-order valence-electron chi connectivity index (χ4n) is 2.19. The van der Waals surface area contributed by atoms with E-state index in [0.29, 0.717) is 0 Å². The van der Waals surface area contributed by atoms with Crippen LogP contribution in [-0.2, 0) is 22.1 Å². The molecule has 1 atom stereocenters. The zero-order chi connectivity index (χ0) is 18.4. The summed E-state index contributed by atoms with van der Waals surface area (Å²) in [7, 11) is 1.14. The molecular weight excluding hydrogens is 337 g/mol. The third-order valence-electron chi connectivity index (χ3n) is 3.43. The summed E-state index contributed by atoms with van der Waals surface area (Å²) in [5, 5.41) is 2.47. The molecule has 0 saturated carbocycles. The summed E-state index contributed by atoms with van der Waals surface area (Å²) < 4.78 is 43.0. The number of carbonyl (C=O) groups excluding carboxylic acids is 2. The van der Waals surface area contributed by atoms with E-state index in [2.05, 4.69) is 15.0 Å². The Morgan fingerprint density at radius 3 is 2.48 bits per heavy atom. The molecule has 2 aromatic rings. The number of methoxy groups -OCH3 is 1. The maximum Gasteiger partial charge on any atom is 0.416 e. The van der Waals surface area contributed by atoms with Gasteiger partial charge < -0.3 is 10.1 Å². The Morgan fingerprint density at radius 1 is 1.20 bits per heavy atom. The highest BCUT2D eigenvalue weighted by Gasteiger charge is 2.31. The molecule has 2 rings (SSSR count). The molecule has 1 heterocycles. The van der Waals surface area contributed by atoms with E-state index in [1.54, 1.807) is 0 Å². The summed E-state index contributed by atoms with van der Waals surface area (Å²) in [5.41, 5.74) is -0.303. The van der Waals surface area contributed by atoms with Gasteiger partial charge in [-0.1, -0.05) is 18.2 Å². The first kappa shape index (κ1) is 18.4. The first-order valence-electron chi connectivity index (χ1n) is 7.26. The van der Waals surface area contributed by atoms with Crippen molar-refractivity contribution in [3.63, 3.8) is 0 Å². The van der Waals surface area contributed by atoms with Crippen LogP contribution in [-0.4, -0.2) is 30.0 Å². The lowest BCUT2D eigenvalue weighted by molar-refractivity contribution is -0.142. The van der Waals surface area contributed by atoms with Gasteiger partial charge in [-0.3, -0.25) is 9.78 Å². The zero-order valence-corrected chi connectivity index (χ0v) is 13.2. The molecule has 1 aromatic carbocycles. The maximum absolute atomic E-state index is 12.8. The second-order valence-electron chi connectivity index (χ2n) is 5.19. The molecule has 0 spiro atoms. The number of rotatable bonds is 5. The summed E-state index contributed by atoms with van der Waals surface area (Å²) in [5.74, 6) is -1.30. The molecule has 8 heteroatoms. The monoisotopic (exact) mass is 352 g/mol. The van der Waals surface area contributed by atoms with E-state index < -0.39 is 29.7 Å². The van der Waals surface area contributed by atoms with E-state index in [-0.39, 0.29) is 17.5 Å². The molecule has 0 radical (unpaired) electrons. The summed E-state index contributed by atoms with van der Waals surface area (Å²) in [6.07, 6.45) is -1.80. The molecule has 1 amide bonds. The van der Waals surface area contributed by atoms with E-state index in [1.165, 1.54) is 36.7 Å². The van der Waals surface area contributed by atoms with Gasteiger partial charge in [-0.2, -0.15) is 13.2 Å². The smallest absolute Gasteiger partial charge is 0.416 e. The molecule has 25 heavy (non-hydrogen) atoms. The molecule has 5 nitrogen and oxygen atoms in total. The van der Waals surface area contributed by atoms with Gasteiger partial charge in [0, 0.05) is 24.4 Å². The van der Waals surface area contributed by atoms with Crippen LogP contribution >= 0.6 is 0 Å². The summed E-state index contributed by atoms with van der Waals surface area (Å²) >= 11 is 0. The first-order chi connectivity index (χ1) is 11.8. The van der Waals surface area contributed by atoms with Gasteiger partial charge in [0.15, 0.2) is 0 Å². The van der Waals surface area contributed by atoms with Crippen molar-refractivity contribution in [2.24, 2.45) is 0 Å². The van der Waals surface area contributed by atoms with Gasteiger partial charge in [0.05, 0.1) is 12.7 Å². The van der Waals surface area contributed by atoms with Gasteiger partial charge in [-0.25, -0.2) is 4.79 Å². The van der Waals surface area contributed by atoms with Crippen molar-refractivity contribution in [3.05, 3.63) is 65.5 Å². The molecule has 1 N–H and O–H groups in total. The quantitative estimate of drug-likeness (QED) is 0.840. The number of benzene rings is 1. The number of nitrogens with zero attached hydrogens (tertiary/aromatic N) is 1. The number of halogens is 3. The molecule has 0 aliphatic rings. The molecule has 0 aliphatic heterocycles. The lowest BCUT2D eigenvalue weighted by Crippen LogP contribution is -2.43. The molecule has 0 fully saturated rings. The number of amides is 1. The lowest BCUT2D eigenvalue weighted by Gasteiger charge is -2.17. The van der Waals surface area contributed by atoms with Crippen LogP contribution in [0.15, 0.2) is 48.8 Å². The minimum atomic E-state index is -4.49. The number of hydrogen-bond donors (Lipinski definition) is 1. The van der Waals surface area contributed by atoms with Crippen molar-refractivity contribution in [2.75, 3.05) is 7.11 Å². The number of ether oxygens (including phenoxy) is 1. The van der Waals surface area contributed by atoms with Crippen LogP contribution in [0, 0.1) is 0 Å². The van der Waals surface area contributed by atoms with Crippen LogP contribution in [0.2, 0.25) is 0 Å². The van der Waals surface area contributed by atoms with Crippen molar-refractivity contribution >= 4 is 11.9 Å². The van der Waals surface area contributed by atoms with Crippen LogP contribution in [0.3, 0.4) is 0 Å². The van der Waals surface area contributed by atoms with Crippen molar-refractivity contribution in [1.82, 2.24) is 10.3 Å². The predicted molar refractivity (Wildman–Crippen MR) is 82.7 cm³/mol. The van der Waals surface area contributed by atoms with E-state index in [0.717, 1.165) is 19.2 Å². The van der Waals surface area contributed by atoms with Crippen LogP contribution in [0.25, 0.3) is 0 Å². The van der Waals surface area contributed by atoms with Gasteiger partial charge in [0.25, 0.3) is 5.91 Å². The lowest BCUT2D eigenvalue weighted by atomic mass is 10.0. The summed E-state index contributed by atoms with van der Waals surface area (Å²) in [6, 6.07) is 6.36. The van der Waals surface area contributed by atoms with Crippen LogP contribution in [0.5, 0.6) is 0 Å². The summed E-state index contributed by atoms with van der Waals surface area (Å²) in [4.78, 5) is 27.8. The molecule has 0 bridgehead atoms. The Bertz CT molecular complexity index is 748. The normalized spacial score (nSPS) is 12.3. The zero-order valence-electron chi connectivity index (χ0n) is 13.2. The first-order valence-corrected chi connectivity index (χ1v) is 7.26. The Kier molecular flexibility index (Phi) is 5.74. The number of alkyl halides is 3. The van der Waals surface area contributed by atoms with E-state index in [1.807, 2.05) is 0 Å². The largest absolute Gasteiger partial charge is 0.467 e. The highest BCUT2D eigenvalue weighted by Crippen LogP contribution is 2.29. The standard InChI is InChI=1S/C17H15F3N2O3/c1-25-16(24)14(22-15(23)12-5-7-21-8-6-12)10-11-3-2-4-13(9-11)17(18,19)20/h2-9,14H,10H2,1H3,(H,22,23)/t14-/m1/s1. The molecule has 0 saturated heterocycles. The Morgan fingerprint density at radius 2 is 1.88 bits per heavy atom. The molecule has 0 aliphatic carbocycles. The topological polar surface area (TPSA) is 68.3 Å². The van der Waals surface area contributed by atoms with Crippen molar-refractivity contribution in [2.45, 2.75) is 18.6 Å². The van der Waals surface area contributed by atoms with Gasteiger partial charge in [-0.05, 0) is 23.8 Å². The predicted octanol–water partition coefficient (Wildman–Crippen LogP) is 2.61. The minimum Gasteiger partial charge on any atom is -0.467 e. The number of esters is 1. The SMILES string of the molecule is COC(=O)[C@@H](Cc1cccc(C(F)(F)F)c1)NC(=O)c1ccncc1. The molecular formula is C17H15F3N2O3. The van der Waals surface area contributed by atoms with Crippen molar-refractivity contribution in [1.29, 1.82) is 0 Å². The molecule has 132 valence electrons. The van der Waals surface area contributed by atoms with E-state index in [4.69, 9.17) is 0 Å². The Hall–Kier alpha value is -2.90. The minimum absolute atomic E-state index is 0.132. The number of hydrogen-bond acceptors (Lipinski definition) is 4. The van der Waals surface area contributed by atoms with E-state index in [9.17, 15) is 22.8 Å². The average Bonchev–Trinajstić information content (AvgIpc) is 2.60. The number of pyridine rings is 1. The van der Waals surface area contributed by atoms with Gasteiger partial charge >= 0.3 is 12.1 Å². The van der Waals surface area contributed by atoms with Crippen molar-refractivity contribution in [3.8, 4) is 0 Å². The number of aromatic nitrogens is 1. The maximum atomic E-state index is 12.8. The molecule has 1 aromatic heterocycles. The highest BCUT2D eigenvalue weighted by atomic mass is 19.4. The third-order valence-corrected chi connectivity index (χ3v) is 3.43. The van der Waals surface area contributed by atoms with Crippen LogP contribution in [0.1, 0.15) is 21.5 Å². The van der Waals surface area contributed by atoms with Gasteiger partial charge in [0.1, 0.15) is 6.04 Å².